The third kappa shape index (κ3) is 3.67. The summed E-state index contributed by atoms with van der Waals surface area (Å²) in [5.41, 5.74) is 2.93. The van der Waals surface area contributed by atoms with Gasteiger partial charge >= 0.3 is 5.97 Å². The number of benzene rings is 2. The fourth-order valence-corrected chi connectivity index (χ4v) is 3.24. The van der Waals surface area contributed by atoms with Gasteiger partial charge in [0.1, 0.15) is 0 Å². The topological polar surface area (TPSA) is 46.6 Å². The zero-order valence-corrected chi connectivity index (χ0v) is 15.0. The number of halogens is 1. The van der Waals surface area contributed by atoms with Crippen molar-refractivity contribution in [3.63, 3.8) is 0 Å². The lowest BCUT2D eigenvalue weighted by Gasteiger charge is -2.22. The first-order valence-electron chi connectivity index (χ1n) is 7.84. The Balaban J connectivity index is 1.57. The molecule has 3 rings (SSSR count). The van der Waals surface area contributed by atoms with Crippen molar-refractivity contribution in [3.8, 4) is 0 Å². The summed E-state index contributed by atoms with van der Waals surface area (Å²) in [6.07, 6.45) is 0.988. The normalized spacial score (nSPS) is 15.9. The average molecular weight is 388 g/mol. The minimum absolute atomic E-state index is 0.0834. The number of anilines is 1. The predicted molar refractivity (Wildman–Crippen MR) is 95.9 cm³/mol. The highest BCUT2D eigenvalue weighted by molar-refractivity contribution is 9.10. The van der Waals surface area contributed by atoms with Crippen LogP contribution in [0.5, 0.6) is 0 Å². The van der Waals surface area contributed by atoms with E-state index in [1.165, 1.54) is 0 Å². The molecule has 2 aromatic carbocycles. The van der Waals surface area contributed by atoms with Gasteiger partial charge in [-0.05, 0) is 42.7 Å². The summed E-state index contributed by atoms with van der Waals surface area (Å²) in [7, 11) is 0. The van der Waals surface area contributed by atoms with E-state index >= 15 is 0 Å². The molecule has 5 heteroatoms. The van der Waals surface area contributed by atoms with Crippen molar-refractivity contribution in [2.75, 3.05) is 11.5 Å². The Bertz CT molecular complexity index is 757. The van der Waals surface area contributed by atoms with Crippen molar-refractivity contribution < 1.29 is 14.3 Å². The molecule has 0 aliphatic carbocycles. The summed E-state index contributed by atoms with van der Waals surface area (Å²) in [5.74, 6) is -0.581. The lowest BCUT2D eigenvalue weighted by molar-refractivity contribution is -0.147. The summed E-state index contributed by atoms with van der Waals surface area (Å²) in [4.78, 5) is 26.1. The fraction of sp³-hybridized carbons (Fsp3) is 0.263. The number of carbonyl (C=O) groups excluding carboxylic acids is 2. The molecule has 1 aliphatic rings. The van der Waals surface area contributed by atoms with Gasteiger partial charge in [-0.25, -0.2) is 0 Å². The van der Waals surface area contributed by atoms with E-state index in [1.54, 1.807) is 4.90 Å². The van der Waals surface area contributed by atoms with Gasteiger partial charge in [-0.1, -0.05) is 46.3 Å². The molecule has 0 unspecified atom stereocenters. The molecular formula is C19H18BrNO3. The molecule has 1 atom stereocenters. The van der Waals surface area contributed by atoms with Crippen LogP contribution in [0.25, 0.3) is 0 Å². The van der Waals surface area contributed by atoms with Crippen molar-refractivity contribution in [1.29, 1.82) is 0 Å². The van der Waals surface area contributed by atoms with Gasteiger partial charge in [-0.2, -0.15) is 0 Å². The Hall–Kier alpha value is -2.14. The van der Waals surface area contributed by atoms with Crippen LogP contribution in [0.2, 0.25) is 0 Å². The van der Waals surface area contributed by atoms with E-state index in [4.69, 9.17) is 4.74 Å². The molecule has 2 aromatic rings. The van der Waals surface area contributed by atoms with E-state index in [0.717, 1.165) is 27.7 Å². The van der Waals surface area contributed by atoms with Crippen LogP contribution in [-0.2, 0) is 27.2 Å². The molecule has 0 radical (unpaired) electrons. The van der Waals surface area contributed by atoms with Crippen molar-refractivity contribution in [2.45, 2.75) is 25.8 Å². The van der Waals surface area contributed by atoms with Gasteiger partial charge < -0.3 is 9.64 Å². The van der Waals surface area contributed by atoms with E-state index in [2.05, 4.69) is 15.9 Å². The van der Waals surface area contributed by atoms with Gasteiger partial charge in [0.25, 0.3) is 5.91 Å². The maximum absolute atomic E-state index is 12.5. The minimum atomic E-state index is -0.397. The lowest BCUT2D eigenvalue weighted by Crippen LogP contribution is -2.38. The standard InChI is InChI=1S/C19H18BrNO3/c1-13-10-15-4-2-3-5-17(15)21(13)18(22)12-24-19(23)11-14-6-8-16(20)9-7-14/h2-9,13H,10-12H2,1H3/t13-/m1/s1. The third-order valence-electron chi connectivity index (χ3n) is 4.09. The summed E-state index contributed by atoms with van der Waals surface area (Å²) in [5, 5.41) is 0. The Morgan fingerprint density at radius 3 is 2.62 bits per heavy atom. The molecule has 24 heavy (non-hydrogen) atoms. The largest absolute Gasteiger partial charge is 0.455 e. The maximum atomic E-state index is 12.5. The van der Waals surface area contributed by atoms with Gasteiger partial charge in [0.15, 0.2) is 6.61 Å². The van der Waals surface area contributed by atoms with Crippen molar-refractivity contribution in [3.05, 3.63) is 64.1 Å². The second-order valence-corrected chi connectivity index (χ2v) is 6.83. The second-order valence-electron chi connectivity index (χ2n) is 5.91. The molecule has 0 aromatic heterocycles. The molecule has 0 fully saturated rings. The minimum Gasteiger partial charge on any atom is -0.455 e. The molecule has 1 amide bonds. The lowest BCUT2D eigenvalue weighted by atomic mass is 10.1. The number of carbonyl (C=O) groups is 2. The average Bonchev–Trinajstić information content (AvgIpc) is 2.90. The molecule has 0 saturated carbocycles. The monoisotopic (exact) mass is 387 g/mol. The first kappa shape index (κ1) is 16.7. The van der Waals surface area contributed by atoms with Crippen LogP contribution in [0.1, 0.15) is 18.1 Å². The quantitative estimate of drug-likeness (QED) is 0.754. The van der Waals surface area contributed by atoms with Crippen LogP contribution < -0.4 is 4.90 Å². The number of para-hydroxylation sites is 1. The van der Waals surface area contributed by atoms with Crippen LogP contribution in [0, 0.1) is 0 Å². The molecular weight excluding hydrogens is 370 g/mol. The molecule has 0 N–H and O–H groups in total. The molecule has 0 bridgehead atoms. The predicted octanol–water partition coefficient (Wildman–Crippen LogP) is 3.51. The molecule has 1 aliphatic heterocycles. The summed E-state index contributed by atoms with van der Waals surface area (Å²) < 4.78 is 6.13. The highest BCUT2D eigenvalue weighted by Gasteiger charge is 2.30. The van der Waals surface area contributed by atoms with Gasteiger partial charge in [-0.3, -0.25) is 9.59 Å². The summed E-state index contributed by atoms with van der Waals surface area (Å²) in [6, 6.07) is 15.4. The number of hydrogen-bond acceptors (Lipinski definition) is 3. The van der Waals surface area contributed by atoms with E-state index in [-0.39, 0.29) is 25.0 Å². The molecule has 0 saturated heterocycles. The SMILES string of the molecule is C[C@@H]1Cc2ccccc2N1C(=O)COC(=O)Cc1ccc(Br)cc1. The molecule has 124 valence electrons. The van der Waals surface area contributed by atoms with Gasteiger partial charge in [-0.15, -0.1) is 0 Å². The fourth-order valence-electron chi connectivity index (χ4n) is 2.98. The van der Waals surface area contributed by atoms with Crippen LogP contribution in [0.3, 0.4) is 0 Å². The first-order chi connectivity index (χ1) is 11.5. The molecule has 1 heterocycles. The van der Waals surface area contributed by atoms with Crippen LogP contribution in [0.15, 0.2) is 53.0 Å². The van der Waals surface area contributed by atoms with Gasteiger partial charge in [0.2, 0.25) is 0 Å². The van der Waals surface area contributed by atoms with E-state index in [1.807, 2.05) is 55.5 Å². The number of rotatable bonds is 4. The summed E-state index contributed by atoms with van der Waals surface area (Å²) in [6.45, 7) is 1.77. The Morgan fingerprint density at radius 1 is 1.17 bits per heavy atom. The van der Waals surface area contributed by atoms with Gasteiger partial charge in [0, 0.05) is 16.2 Å². The van der Waals surface area contributed by atoms with Crippen molar-refractivity contribution >= 4 is 33.5 Å². The number of hydrogen-bond donors (Lipinski definition) is 0. The van der Waals surface area contributed by atoms with E-state index in [0.29, 0.717) is 0 Å². The van der Waals surface area contributed by atoms with Gasteiger partial charge in [0.05, 0.1) is 6.42 Å². The van der Waals surface area contributed by atoms with Crippen LogP contribution >= 0.6 is 15.9 Å². The third-order valence-corrected chi connectivity index (χ3v) is 4.62. The Labute approximate surface area is 149 Å². The number of fused-ring (bicyclic) bond motifs is 1. The number of nitrogens with zero attached hydrogens (tertiary/aromatic N) is 1. The smallest absolute Gasteiger partial charge is 0.310 e. The second kappa shape index (κ2) is 7.18. The first-order valence-corrected chi connectivity index (χ1v) is 8.64. The number of amides is 1. The maximum Gasteiger partial charge on any atom is 0.310 e. The van der Waals surface area contributed by atoms with Crippen molar-refractivity contribution in [2.24, 2.45) is 0 Å². The van der Waals surface area contributed by atoms with E-state index < -0.39 is 5.97 Å². The molecule has 4 nitrogen and oxygen atoms in total. The highest BCUT2D eigenvalue weighted by Crippen LogP contribution is 2.31. The number of esters is 1. The zero-order valence-electron chi connectivity index (χ0n) is 13.4. The highest BCUT2D eigenvalue weighted by atomic mass is 79.9. The van der Waals surface area contributed by atoms with E-state index in [9.17, 15) is 9.59 Å². The number of ether oxygens (including phenoxy) is 1. The Kier molecular flexibility index (Phi) is 5.00. The Morgan fingerprint density at radius 2 is 1.88 bits per heavy atom. The summed E-state index contributed by atoms with van der Waals surface area (Å²) >= 11 is 3.35. The molecule has 0 spiro atoms. The van der Waals surface area contributed by atoms with Crippen molar-refractivity contribution in [1.82, 2.24) is 0 Å². The zero-order chi connectivity index (χ0) is 17.1. The van der Waals surface area contributed by atoms with Crippen LogP contribution in [-0.4, -0.2) is 24.5 Å². The van der Waals surface area contributed by atoms with Crippen LogP contribution in [0.4, 0.5) is 5.69 Å².